The molecule has 0 unspecified atom stereocenters. The van der Waals surface area contributed by atoms with Crippen molar-refractivity contribution in [1.29, 1.82) is 0 Å². The SMILES string of the molecule is CCOc1cc(NC(=O)NC(CC)CC)ccc1Oc1ccc(NC(=O)c2ccc(CN3CCN(CC)CC3)cc2)cc1. The molecule has 0 aromatic heterocycles. The minimum Gasteiger partial charge on any atom is -0.490 e. The van der Waals surface area contributed by atoms with Crippen molar-refractivity contribution in [2.24, 2.45) is 0 Å². The van der Waals surface area contributed by atoms with Crippen LogP contribution >= 0.6 is 0 Å². The molecule has 1 saturated heterocycles. The molecule has 3 amide bonds. The van der Waals surface area contributed by atoms with Gasteiger partial charge in [0, 0.05) is 61.8 Å². The Labute approximate surface area is 255 Å². The van der Waals surface area contributed by atoms with Gasteiger partial charge in [-0.3, -0.25) is 9.69 Å². The molecule has 0 aliphatic carbocycles. The maximum absolute atomic E-state index is 12.9. The van der Waals surface area contributed by atoms with Gasteiger partial charge in [-0.05, 0) is 80.4 Å². The second kappa shape index (κ2) is 16.0. The molecule has 9 nitrogen and oxygen atoms in total. The molecular formula is C34H45N5O4. The van der Waals surface area contributed by atoms with E-state index in [1.807, 2.05) is 45.0 Å². The van der Waals surface area contributed by atoms with Crippen LogP contribution in [0.1, 0.15) is 56.5 Å². The number of likely N-dealkylation sites (N-methyl/N-ethyl adjacent to an activating group) is 1. The van der Waals surface area contributed by atoms with Crippen LogP contribution < -0.4 is 25.4 Å². The third kappa shape index (κ3) is 9.46. The third-order valence-electron chi connectivity index (χ3n) is 7.70. The molecule has 230 valence electrons. The molecule has 0 radical (unpaired) electrons. The molecule has 3 aromatic rings. The number of piperazine rings is 1. The van der Waals surface area contributed by atoms with Gasteiger partial charge in [-0.2, -0.15) is 0 Å². The lowest BCUT2D eigenvalue weighted by molar-refractivity contribution is 0.102. The number of carbonyl (C=O) groups is 2. The van der Waals surface area contributed by atoms with Gasteiger partial charge >= 0.3 is 6.03 Å². The van der Waals surface area contributed by atoms with Gasteiger partial charge < -0.3 is 30.3 Å². The molecule has 0 bridgehead atoms. The number of urea groups is 1. The van der Waals surface area contributed by atoms with Gasteiger partial charge in [0.05, 0.1) is 6.61 Å². The molecule has 0 atom stereocenters. The van der Waals surface area contributed by atoms with Gasteiger partial charge in [-0.25, -0.2) is 4.79 Å². The second-order valence-corrected chi connectivity index (χ2v) is 10.7. The molecule has 1 fully saturated rings. The first-order chi connectivity index (χ1) is 20.9. The summed E-state index contributed by atoms with van der Waals surface area (Å²) < 4.78 is 11.9. The predicted octanol–water partition coefficient (Wildman–Crippen LogP) is 6.58. The Kier molecular flexibility index (Phi) is 11.8. The molecule has 1 heterocycles. The average Bonchev–Trinajstić information content (AvgIpc) is 3.03. The van der Waals surface area contributed by atoms with Crippen LogP contribution in [0.25, 0.3) is 0 Å². The van der Waals surface area contributed by atoms with Crippen LogP contribution in [-0.4, -0.2) is 67.1 Å². The predicted molar refractivity (Wildman–Crippen MR) is 172 cm³/mol. The normalized spacial score (nSPS) is 13.9. The minimum absolute atomic E-state index is 0.129. The van der Waals surface area contributed by atoms with Crippen LogP contribution in [0.2, 0.25) is 0 Å². The van der Waals surface area contributed by atoms with Gasteiger partial charge in [-0.15, -0.1) is 0 Å². The van der Waals surface area contributed by atoms with E-state index < -0.39 is 0 Å². The first-order valence-electron chi connectivity index (χ1n) is 15.4. The fraction of sp³-hybridized carbons (Fsp3) is 0.412. The van der Waals surface area contributed by atoms with E-state index in [9.17, 15) is 9.59 Å². The summed E-state index contributed by atoms with van der Waals surface area (Å²) in [5.74, 6) is 1.48. The van der Waals surface area contributed by atoms with Crippen molar-refractivity contribution in [2.75, 3.05) is 50.0 Å². The lowest BCUT2D eigenvalue weighted by Gasteiger charge is -2.34. The van der Waals surface area contributed by atoms with E-state index in [0.717, 1.165) is 52.1 Å². The Bertz CT molecular complexity index is 1320. The Morgan fingerprint density at radius 3 is 2.05 bits per heavy atom. The van der Waals surface area contributed by atoms with Crippen LogP contribution in [0.3, 0.4) is 0 Å². The fourth-order valence-corrected chi connectivity index (χ4v) is 5.00. The zero-order chi connectivity index (χ0) is 30.6. The van der Waals surface area contributed by atoms with E-state index in [-0.39, 0.29) is 18.0 Å². The van der Waals surface area contributed by atoms with Crippen molar-refractivity contribution < 1.29 is 19.1 Å². The average molecular weight is 588 g/mol. The van der Waals surface area contributed by atoms with Crippen LogP contribution in [0.15, 0.2) is 66.7 Å². The van der Waals surface area contributed by atoms with Crippen molar-refractivity contribution in [3.63, 3.8) is 0 Å². The highest BCUT2D eigenvalue weighted by Crippen LogP contribution is 2.34. The summed E-state index contributed by atoms with van der Waals surface area (Å²) in [7, 11) is 0. The molecule has 1 aliphatic heterocycles. The van der Waals surface area contributed by atoms with Crippen molar-refractivity contribution in [2.45, 2.75) is 53.1 Å². The lowest BCUT2D eigenvalue weighted by atomic mass is 10.1. The van der Waals surface area contributed by atoms with Crippen molar-refractivity contribution >= 4 is 23.3 Å². The van der Waals surface area contributed by atoms with Crippen LogP contribution in [-0.2, 0) is 6.54 Å². The standard InChI is InChI=1S/C34H45N5O4/c1-5-27(6-2)36-34(41)37-29-15-18-31(32(23-29)42-8-4)43-30-16-13-28(14-17-30)35-33(40)26-11-9-25(10-12-26)24-39-21-19-38(7-3)20-22-39/h9-18,23,27H,5-8,19-22,24H2,1-4H3,(H,35,40)(H2,36,37,41). The summed E-state index contributed by atoms with van der Waals surface area (Å²) >= 11 is 0. The van der Waals surface area contributed by atoms with E-state index in [2.05, 4.69) is 32.7 Å². The molecule has 0 saturated carbocycles. The summed E-state index contributed by atoms with van der Waals surface area (Å²) in [6.45, 7) is 15.0. The molecule has 3 aromatic carbocycles. The monoisotopic (exact) mass is 587 g/mol. The number of ether oxygens (including phenoxy) is 2. The Morgan fingerprint density at radius 2 is 1.42 bits per heavy atom. The van der Waals surface area contributed by atoms with Gasteiger partial charge in [-0.1, -0.05) is 32.9 Å². The molecule has 3 N–H and O–H groups in total. The number of nitrogens with zero attached hydrogens (tertiary/aromatic N) is 2. The summed E-state index contributed by atoms with van der Waals surface area (Å²) in [6, 6.07) is 20.2. The third-order valence-corrected chi connectivity index (χ3v) is 7.70. The maximum atomic E-state index is 12.9. The number of amides is 3. The zero-order valence-corrected chi connectivity index (χ0v) is 25.8. The first kappa shape index (κ1) is 31.8. The molecule has 43 heavy (non-hydrogen) atoms. The van der Waals surface area contributed by atoms with E-state index in [1.54, 1.807) is 42.5 Å². The summed E-state index contributed by atoms with van der Waals surface area (Å²) in [6.07, 6.45) is 1.74. The second-order valence-electron chi connectivity index (χ2n) is 10.7. The van der Waals surface area contributed by atoms with E-state index in [0.29, 0.717) is 40.8 Å². The molecule has 0 spiro atoms. The maximum Gasteiger partial charge on any atom is 0.319 e. The largest absolute Gasteiger partial charge is 0.490 e. The number of anilines is 2. The highest BCUT2D eigenvalue weighted by molar-refractivity contribution is 6.04. The zero-order valence-electron chi connectivity index (χ0n) is 25.8. The summed E-state index contributed by atoms with van der Waals surface area (Å²) in [5.41, 5.74) is 3.11. The molecule has 1 aliphatic rings. The topological polar surface area (TPSA) is 95.2 Å². The highest BCUT2D eigenvalue weighted by atomic mass is 16.5. The molecule has 4 rings (SSSR count). The number of hydrogen-bond donors (Lipinski definition) is 3. The lowest BCUT2D eigenvalue weighted by Crippen LogP contribution is -2.45. The Hall–Kier alpha value is -4.08. The van der Waals surface area contributed by atoms with Crippen molar-refractivity contribution in [3.8, 4) is 17.2 Å². The van der Waals surface area contributed by atoms with Gasteiger partial charge in [0.15, 0.2) is 11.5 Å². The summed E-state index contributed by atoms with van der Waals surface area (Å²) in [5, 5.41) is 8.79. The Balaban J connectivity index is 1.31. The number of nitrogens with one attached hydrogen (secondary N) is 3. The van der Waals surface area contributed by atoms with Crippen LogP contribution in [0.4, 0.5) is 16.2 Å². The quantitative estimate of drug-likeness (QED) is 0.209. The fourth-order valence-electron chi connectivity index (χ4n) is 5.00. The molecule has 9 heteroatoms. The van der Waals surface area contributed by atoms with Crippen LogP contribution in [0.5, 0.6) is 17.2 Å². The first-order valence-corrected chi connectivity index (χ1v) is 15.4. The summed E-state index contributed by atoms with van der Waals surface area (Å²) in [4.78, 5) is 30.2. The highest BCUT2D eigenvalue weighted by Gasteiger charge is 2.16. The minimum atomic E-state index is -0.251. The van der Waals surface area contributed by atoms with Crippen molar-refractivity contribution in [3.05, 3.63) is 77.9 Å². The van der Waals surface area contributed by atoms with Crippen molar-refractivity contribution in [1.82, 2.24) is 15.1 Å². The van der Waals surface area contributed by atoms with E-state index in [1.165, 1.54) is 5.56 Å². The van der Waals surface area contributed by atoms with Crippen LogP contribution in [0, 0.1) is 0 Å². The van der Waals surface area contributed by atoms with Gasteiger partial charge in [0.2, 0.25) is 0 Å². The number of carbonyl (C=O) groups excluding carboxylic acids is 2. The Morgan fingerprint density at radius 1 is 0.767 bits per heavy atom. The van der Waals surface area contributed by atoms with Gasteiger partial charge in [0.25, 0.3) is 5.91 Å². The number of rotatable bonds is 13. The molecular weight excluding hydrogens is 542 g/mol. The van der Waals surface area contributed by atoms with E-state index in [4.69, 9.17) is 9.47 Å². The number of benzene rings is 3. The smallest absolute Gasteiger partial charge is 0.319 e. The van der Waals surface area contributed by atoms with E-state index >= 15 is 0 Å². The number of hydrogen-bond acceptors (Lipinski definition) is 6. The van der Waals surface area contributed by atoms with Gasteiger partial charge in [0.1, 0.15) is 5.75 Å².